The van der Waals surface area contributed by atoms with Gasteiger partial charge in [0, 0.05) is 30.1 Å². The standard InChI is InChI=1S/C16H19N3O/c1-3-18(4-2)9-10-19-12-13(11-17)14-7-5-6-8-15(14)16(19)20/h5-8,12H,3-4,9-10H2,1-2H3. The third-order valence-corrected chi connectivity index (χ3v) is 3.67. The van der Waals surface area contributed by atoms with Crippen molar-refractivity contribution in [3.63, 3.8) is 0 Å². The van der Waals surface area contributed by atoms with E-state index in [4.69, 9.17) is 0 Å². The third-order valence-electron chi connectivity index (χ3n) is 3.67. The fraction of sp³-hybridized carbons (Fsp3) is 0.375. The molecule has 0 atom stereocenters. The number of fused-ring (bicyclic) bond motifs is 1. The molecule has 0 fully saturated rings. The van der Waals surface area contributed by atoms with E-state index in [1.165, 1.54) is 0 Å². The van der Waals surface area contributed by atoms with Crippen molar-refractivity contribution < 1.29 is 0 Å². The van der Waals surface area contributed by atoms with Gasteiger partial charge in [0.15, 0.2) is 0 Å². The van der Waals surface area contributed by atoms with Crippen molar-refractivity contribution in [2.75, 3.05) is 19.6 Å². The van der Waals surface area contributed by atoms with Crippen molar-refractivity contribution in [1.29, 1.82) is 5.26 Å². The lowest BCUT2D eigenvalue weighted by molar-refractivity contribution is 0.289. The van der Waals surface area contributed by atoms with Gasteiger partial charge in [-0.3, -0.25) is 4.79 Å². The summed E-state index contributed by atoms with van der Waals surface area (Å²) < 4.78 is 1.65. The molecule has 1 aromatic carbocycles. The minimum absolute atomic E-state index is 0.0215. The summed E-state index contributed by atoms with van der Waals surface area (Å²) in [5.74, 6) is 0. The lowest BCUT2D eigenvalue weighted by atomic mass is 10.1. The summed E-state index contributed by atoms with van der Waals surface area (Å²) in [6.45, 7) is 7.56. The number of benzene rings is 1. The summed E-state index contributed by atoms with van der Waals surface area (Å²) >= 11 is 0. The predicted molar refractivity (Wildman–Crippen MR) is 80.7 cm³/mol. The van der Waals surface area contributed by atoms with E-state index < -0.39 is 0 Å². The van der Waals surface area contributed by atoms with Gasteiger partial charge >= 0.3 is 0 Å². The Labute approximate surface area is 118 Å². The Hall–Kier alpha value is -2.12. The van der Waals surface area contributed by atoms with Crippen molar-refractivity contribution in [3.05, 3.63) is 46.4 Å². The van der Waals surface area contributed by atoms with Crippen LogP contribution in [-0.4, -0.2) is 29.1 Å². The highest BCUT2D eigenvalue weighted by Crippen LogP contribution is 2.14. The number of rotatable bonds is 5. The van der Waals surface area contributed by atoms with E-state index in [1.54, 1.807) is 16.8 Å². The SMILES string of the molecule is CCN(CC)CCn1cc(C#N)c2ccccc2c1=O. The van der Waals surface area contributed by atoms with Gasteiger partial charge in [-0.25, -0.2) is 0 Å². The smallest absolute Gasteiger partial charge is 0.258 e. The second-order valence-corrected chi connectivity index (χ2v) is 4.73. The number of hydrogen-bond donors (Lipinski definition) is 0. The number of pyridine rings is 1. The van der Waals surface area contributed by atoms with Crippen LogP contribution in [0.2, 0.25) is 0 Å². The zero-order chi connectivity index (χ0) is 14.5. The first-order chi connectivity index (χ1) is 9.71. The first-order valence-electron chi connectivity index (χ1n) is 6.95. The average molecular weight is 269 g/mol. The number of hydrogen-bond acceptors (Lipinski definition) is 3. The van der Waals surface area contributed by atoms with Crippen LogP contribution in [0.25, 0.3) is 10.8 Å². The number of nitriles is 1. The molecule has 0 bridgehead atoms. The first-order valence-corrected chi connectivity index (χ1v) is 6.95. The van der Waals surface area contributed by atoms with Crippen LogP contribution in [0.1, 0.15) is 19.4 Å². The molecule has 4 nitrogen and oxygen atoms in total. The molecule has 0 saturated carbocycles. The van der Waals surface area contributed by atoms with Gasteiger partial charge in [0.25, 0.3) is 5.56 Å². The maximum Gasteiger partial charge on any atom is 0.258 e. The zero-order valence-electron chi connectivity index (χ0n) is 12.0. The monoisotopic (exact) mass is 269 g/mol. The summed E-state index contributed by atoms with van der Waals surface area (Å²) in [6, 6.07) is 9.47. The normalized spacial score (nSPS) is 10.9. The van der Waals surface area contributed by atoms with Crippen LogP contribution in [0, 0.1) is 11.3 Å². The van der Waals surface area contributed by atoms with Gasteiger partial charge in [0.1, 0.15) is 6.07 Å². The Morgan fingerprint density at radius 3 is 2.45 bits per heavy atom. The highest BCUT2D eigenvalue weighted by Gasteiger charge is 2.08. The molecule has 0 saturated heterocycles. The van der Waals surface area contributed by atoms with Crippen LogP contribution in [0.15, 0.2) is 35.3 Å². The molecule has 0 N–H and O–H groups in total. The predicted octanol–water partition coefficient (Wildman–Crippen LogP) is 2.21. The quantitative estimate of drug-likeness (QED) is 0.836. The second kappa shape index (κ2) is 6.36. The first kappa shape index (κ1) is 14.3. The number of aromatic nitrogens is 1. The van der Waals surface area contributed by atoms with Crippen LogP contribution < -0.4 is 5.56 Å². The molecule has 1 aromatic heterocycles. The number of nitrogens with zero attached hydrogens (tertiary/aromatic N) is 3. The van der Waals surface area contributed by atoms with E-state index in [0.29, 0.717) is 17.5 Å². The molecule has 1 heterocycles. The summed E-state index contributed by atoms with van der Waals surface area (Å²) in [6.07, 6.45) is 1.67. The summed E-state index contributed by atoms with van der Waals surface area (Å²) in [4.78, 5) is 14.7. The van der Waals surface area contributed by atoms with Gasteiger partial charge in [-0.2, -0.15) is 5.26 Å². The van der Waals surface area contributed by atoms with Crippen molar-refractivity contribution in [1.82, 2.24) is 9.47 Å². The van der Waals surface area contributed by atoms with Gasteiger partial charge in [-0.1, -0.05) is 32.0 Å². The van der Waals surface area contributed by atoms with Crippen LogP contribution in [0.4, 0.5) is 0 Å². The molecule has 20 heavy (non-hydrogen) atoms. The van der Waals surface area contributed by atoms with Gasteiger partial charge in [0.2, 0.25) is 0 Å². The minimum Gasteiger partial charge on any atom is -0.312 e. The molecule has 0 radical (unpaired) electrons. The van der Waals surface area contributed by atoms with Crippen LogP contribution in [0.3, 0.4) is 0 Å². The average Bonchev–Trinajstić information content (AvgIpc) is 2.50. The van der Waals surface area contributed by atoms with Crippen molar-refractivity contribution >= 4 is 10.8 Å². The molecule has 2 aromatic rings. The molecule has 104 valence electrons. The Kier molecular flexibility index (Phi) is 4.54. The van der Waals surface area contributed by atoms with Crippen LogP contribution >= 0.6 is 0 Å². The number of likely N-dealkylation sites (N-methyl/N-ethyl adjacent to an activating group) is 1. The highest BCUT2D eigenvalue weighted by atomic mass is 16.1. The lowest BCUT2D eigenvalue weighted by Crippen LogP contribution is -2.31. The molecule has 0 aliphatic heterocycles. The third kappa shape index (κ3) is 2.73. The van der Waals surface area contributed by atoms with Gasteiger partial charge in [-0.05, 0) is 19.2 Å². The fourth-order valence-corrected chi connectivity index (χ4v) is 2.39. The maximum absolute atomic E-state index is 12.4. The maximum atomic E-state index is 12.4. The van der Waals surface area contributed by atoms with Crippen molar-refractivity contribution in [2.45, 2.75) is 20.4 Å². The molecular formula is C16H19N3O. The Bertz CT molecular complexity index is 693. The second-order valence-electron chi connectivity index (χ2n) is 4.73. The molecule has 0 amide bonds. The zero-order valence-corrected chi connectivity index (χ0v) is 12.0. The Balaban J connectivity index is 2.42. The summed E-state index contributed by atoms with van der Waals surface area (Å²) in [5, 5.41) is 10.6. The highest BCUT2D eigenvalue weighted by molar-refractivity contribution is 5.86. The van der Waals surface area contributed by atoms with E-state index in [9.17, 15) is 10.1 Å². The van der Waals surface area contributed by atoms with E-state index in [1.807, 2.05) is 18.2 Å². The fourth-order valence-electron chi connectivity index (χ4n) is 2.39. The minimum atomic E-state index is -0.0215. The molecule has 0 unspecified atom stereocenters. The van der Waals surface area contributed by atoms with Crippen molar-refractivity contribution in [2.24, 2.45) is 0 Å². The van der Waals surface area contributed by atoms with Gasteiger partial charge < -0.3 is 9.47 Å². The lowest BCUT2D eigenvalue weighted by Gasteiger charge is -2.18. The largest absolute Gasteiger partial charge is 0.312 e. The Morgan fingerprint density at radius 1 is 1.20 bits per heavy atom. The van der Waals surface area contributed by atoms with Gasteiger partial charge in [0.05, 0.1) is 5.56 Å². The van der Waals surface area contributed by atoms with Crippen LogP contribution in [-0.2, 0) is 6.54 Å². The van der Waals surface area contributed by atoms with Crippen molar-refractivity contribution in [3.8, 4) is 6.07 Å². The molecule has 0 aliphatic carbocycles. The molecule has 0 spiro atoms. The van der Waals surface area contributed by atoms with Crippen LogP contribution in [0.5, 0.6) is 0 Å². The molecule has 0 aliphatic rings. The van der Waals surface area contributed by atoms with E-state index in [-0.39, 0.29) is 5.56 Å². The molecule has 2 rings (SSSR count). The molecular weight excluding hydrogens is 250 g/mol. The summed E-state index contributed by atoms with van der Waals surface area (Å²) in [7, 11) is 0. The van der Waals surface area contributed by atoms with Gasteiger partial charge in [-0.15, -0.1) is 0 Å². The van der Waals surface area contributed by atoms with E-state index in [2.05, 4.69) is 24.8 Å². The van der Waals surface area contributed by atoms with E-state index >= 15 is 0 Å². The Morgan fingerprint density at radius 2 is 1.85 bits per heavy atom. The molecule has 4 heteroatoms. The topological polar surface area (TPSA) is 49.0 Å². The summed E-state index contributed by atoms with van der Waals surface area (Å²) in [5.41, 5.74) is 0.534. The van der Waals surface area contributed by atoms with E-state index in [0.717, 1.165) is 25.0 Å².